The molecule has 9 nitrogen and oxygen atoms in total. The van der Waals surface area contributed by atoms with E-state index in [1.165, 1.54) is 12.1 Å². The number of likely N-dealkylation sites (tertiary alicyclic amines) is 2. The topological polar surface area (TPSA) is 114 Å². The first-order chi connectivity index (χ1) is 19.4. The molecule has 0 bridgehead atoms. The minimum atomic E-state index is -1.20. The van der Waals surface area contributed by atoms with Crippen LogP contribution in [0.15, 0.2) is 48.5 Å². The van der Waals surface area contributed by atoms with E-state index in [4.69, 9.17) is 15.2 Å². The fourth-order valence-corrected chi connectivity index (χ4v) is 5.79. The van der Waals surface area contributed by atoms with E-state index in [2.05, 4.69) is 5.32 Å². The third-order valence-electron chi connectivity index (χ3n) is 7.98. The van der Waals surface area contributed by atoms with Gasteiger partial charge in [0.15, 0.2) is 0 Å². The van der Waals surface area contributed by atoms with Crippen LogP contribution in [0, 0.1) is 11.2 Å². The highest BCUT2D eigenvalue weighted by molar-refractivity contribution is 5.92. The fourth-order valence-electron chi connectivity index (χ4n) is 5.79. The summed E-state index contributed by atoms with van der Waals surface area (Å²) in [6.45, 7) is 6.94. The molecule has 2 fully saturated rings. The smallest absolute Gasteiger partial charge is 0.247 e. The molecule has 41 heavy (non-hydrogen) atoms. The Hall–Kier alpha value is -3.50. The number of hydrogen-bond donors (Lipinski definition) is 2. The summed E-state index contributed by atoms with van der Waals surface area (Å²) in [5, 5.41) is 2.78. The number of carbonyl (C=O) groups excluding carboxylic acids is 3. The fraction of sp³-hybridized carbons (Fsp3) is 0.516. The van der Waals surface area contributed by atoms with Gasteiger partial charge in [0.1, 0.15) is 17.6 Å². The van der Waals surface area contributed by atoms with Crippen LogP contribution in [0.25, 0.3) is 0 Å². The van der Waals surface area contributed by atoms with Crippen molar-refractivity contribution in [2.45, 2.75) is 57.7 Å². The SMILES string of the molecule is CCOc1ccc(COC[C@@H](NC(=O)C(C)(C)N)C(=O)N2CCCC3(C2)C(=O)N(C)CC3c2ccc(F)cc2)cc1. The Balaban J connectivity index is 1.52. The second-order valence-electron chi connectivity index (χ2n) is 11.6. The van der Waals surface area contributed by atoms with Crippen LogP contribution in [0.2, 0.25) is 0 Å². The van der Waals surface area contributed by atoms with Crippen LogP contribution >= 0.6 is 0 Å². The molecule has 0 aromatic heterocycles. The van der Waals surface area contributed by atoms with E-state index in [1.807, 2.05) is 31.2 Å². The second-order valence-corrected chi connectivity index (χ2v) is 11.6. The summed E-state index contributed by atoms with van der Waals surface area (Å²) >= 11 is 0. The standard InChI is InChI=1S/C31H41FN4O5/c1-5-41-24-13-7-21(8-14-24)18-40-19-26(34-28(38)30(2,3)33)27(37)36-16-6-15-31(20-36)25(17-35(4)29(31)39)22-9-11-23(32)12-10-22/h7-14,25-26H,5-6,15-20,33H2,1-4H3,(H,34,38)/t25?,26-,31?/m1/s1. The Morgan fingerprint density at radius 2 is 1.85 bits per heavy atom. The molecule has 2 saturated heterocycles. The Labute approximate surface area is 241 Å². The summed E-state index contributed by atoms with van der Waals surface area (Å²) in [7, 11) is 1.76. The normalized spacial score (nSPS) is 21.7. The van der Waals surface area contributed by atoms with Crippen molar-refractivity contribution in [2.24, 2.45) is 11.1 Å². The molecule has 2 aromatic rings. The molecule has 1 spiro atoms. The number of halogens is 1. The molecule has 3 N–H and O–H groups in total. The molecule has 2 aliphatic rings. The van der Waals surface area contributed by atoms with Crippen molar-refractivity contribution in [3.8, 4) is 5.75 Å². The van der Waals surface area contributed by atoms with Gasteiger partial charge in [0, 0.05) is 32.6 Å². The number of nitrogens with zero attached hydrogens (tertiary/aromatic N) is 2. The van der Waals surface area contributed by atoms with Crippen molar-refractivity contribution in [1.82, 2.24) is 15.1 Å². The monoisotopic (exact) mass is 568 g/mol. The second kappa shape index (κ2) is 12.6. The zero-order chi connectivity index (χ0) is 29.8. The van der Waals surface area contributed by atoms with E-state index < -0.39 is 22.9 Å². The van der Waals surface area contributed by atoms with Gasteiger partial charge in [-0.15, -0.1) is 0 Å². The summed E-state index contributed by atoms with van der Waals surface area (Å²) in [6.07, 6.45) is 1.24. The lowest BCUT2D eigenvalue weighted by Gasteiger charge is -2.43. The number of piperidine rings is 1. The van der Waals surface area contributed by atoms with Crippen LogP contribution in [-0.4, -0.2) is 79.0 Å². The van der Waals surface area contributed by atoms with E-state index >= 15 is 0 Å². The van der Waals surface area contributed by atoms with Gasteiger partial charge in [0.2, 0.25) is 17.7 Å². The molecule has 2 aliphatic heterocycles. The van der Waals surface area contributed by atoms with Gasteiger partial charge < -0.3 is 30.3 Å². The molecule has 222 valence electrons. The summed E-state index contributed by atoms with van der Waals surface area (Å²) in [5.41, 5.74) is 5.75. The third-order valence-corrected chi connectivity index (χ3v) is 7.98. The van der Waals surface area contributed by atoms with Crippen molar-refractivity contribution in [3.63, 3.8) is 0 Å². The molecule has 2 heterocycles. The average molecular weight is 569 g/mol. The van der Waals surface area contributed by atoms with Crippen molar-refractivity contribution in [3.05, 3.63) is 65.5 Å². The minimum absolute atomic E-state index is 0.0280. The number of benzene rings is 2. The molecule has 0 saturated carbocycles. The maximum atomic E-state index is 13.9. The first-order valence-corrected chi connectivity index (χ1v) is 14.1. The Morgan fingerprint density at radius 3 is 2.49 bits per heavy atom. The van der Waals surface area contributed by atoms with Gasteiger partial charge in [-0.05, 0) is 69.0 Å². The number of nitrogens with two attached hydrogens (primary N) is 1. The number of rotatable bonds is 10. The molecule has 10 heteroatoms. The number of hydrogen-bond acceptors (Lipinski definition) is 6. The summed E-state index contributed by atoms with van der Waals surface area (Å²) < 4.78 is 25.1. The van der Waals surface area contributed by atoms with E-state index in [9.17, 15) is 18.8 Å². The lowest BCUT2D eigenvalue weighted by Crippen LogP contribution is -2.60. The lowest BCUT2D eigenvalue weighted by atomic mass is 9.69. The Morgan fingerprint density at radius 1 is 1.17 bits per heavy atom. The van der Waals surface area contributed by atoms with Crippen LogP contribution in [0.1, 0.15) is 50.7 Å². The van der Waals surface area contributed by atoms with Crippen molar-refractivity contribution in [2.75, 3.05) is 39.9 Å². The predicted octanol–water partition coefficient (Wildman–Crippen LogP) is 2.83. The van der Waals surface area contributed by atoms with Gasteiger partial charge in [-0.1, -0.05) is 24.3 Å². The highest BCUT2D eigenvalue weighted by Crippen LogP contribution is 2.49. The van der Waals surface area contributed by atoms with E-state index in [-0.39, 0.29) is 43.3 Å². The van der Waals surface area contributed by atoms with Crippen LogP contribution in [0.4, 0.5) is 4.39 Å². The van der Waals surface area contributed by atoms with Crippen LogP contribution in [0.3, 0.4) is 0 Å². The van der Waals surface area contributed by atoms with Crippen molar-refractivity contribution < 1.29 is 28.2 Å². The molecular formula is C31H41FN4O5. The average Bonchev–Trinajstić information content (AvgIpc) is 3.17. The largest absolute Gasteiger partial charge is 0.494 e. The van der Waals surface area contributed by atoms with E-state index in [1.54, 1.807) is 42.8 Å². The maximum Gasteiger partial charge on any atom is 0.247 e. The minimum Gasteiger partial charge on any atom is -0.494 e. The number of nitrogens with one attached hydrogen (secondary N) is 1. The molecule has 3 atom stereocenters. The maximum absolute atomic E-state index is 13.9. The Bertz CT molecular complexity index is 1230. The third kappa shape index (κ3) is 6.87. The van der Waals surface area contributed by atoms with E-state index in [0.29, 0.717) is 32.5 Å². The van der Waals surface area contributed by atoms with Crippen LogP contribution in [-0.2, 0) is 25.7 Å². The first-order valence-electron chi connectivity index (χ1n) is 14.1. The summed E-state index contributed by atoms with van der Waals surface area (Å²) in [5.74, 6) is -0.607. The number of likely N-dealkylation sites (N-methyl/N-ethyl adjacent to an activating group) is 1. The molecule has 0 radical (unpaired) electrons. The zero-order valence-corrected chi connectivity index (χ0v) is 24.3. The number of amides is 3. The number of ether oxygens (including phenoxy) is 2. The molecule has 0 aliphatic carbocycles. The Kier molecular flexibility index (Phi) is 9.34. The predicted molar refractivity (Wildman–Crippen MR) is 152 cm³/mol. The molecule has 2 aromatic carbocycles. The van der Waals surface area contributed by atoms with Gasteiger partial charge in [0.25, 0.3) is 0 Å². The molecule has 2 unspecified atom stereocenters. The zero-order valence-electron chi connectivity index (χ0n) is 24.3. The van der Waals surface area contributed by atoms with Crippen molar-refractivity contribution in [1.29, 1.82) is 0 Å². The summed E-state index contributed by atoms with van der Waals surface area (Å²) in [4.78, 5) is 43.7. The van der Waals surface area contributed by atoms with Gasteiger partial charge in [0.05, 0.1) is 30.8 Å². The van der Waals surface area contributed by atoms with Gasteiger partial charge >= 0.3 is 0 Å². The van der Waals surface area contributed by atoms with Gasteiger partial charge in [-0.25, -0.2) is 4.39 Å². The molecule has 4 rings (SSSR count). The lowest BCUT2D eigenvalue weighted by molar-refractivity contribution is -0.147. The number of carbonyl (C=O) groups is 3. The summed E-state index contributed by atoms with van der Waals surface area (Å²) in [6, 6.07) is 12.7. The quantitative estimate of drug-likeness (QED) is 0.456. The van der Waals surface area contributed by atoms with Crippen molar-refractivity contribution >= 4 is 17.7 Å². The van der Waals surface area contributed by atoms with Gasteiger partial charge in [-0.3, -0.25) is 14.4 Å². The highest BCUT2D eigenvalue weighted by atomic mass is 19.1. The van der Waals surface area contributed by atoms with Crippen LogP contribution < -0.4 is 15.8 Å². The molecular weight excluding hydrogens is 527 g/mol. The van der Waals surface area contributed by atoms with E-state index in [0.717, 1.165) is 16.9 Å². The van der Waals surface area contributed by atoms with Crippen LogP contribution in [0.5, 0.6) is 5.75 Å². The highest BCUT2D eigenvalue weighted by Gasteiger charge is 2.56. The molecule has 3 amide bonds. The van der Waals surface area contributed by atoms with Gasteiger partial charge in [-0.2, -0.15) is 0 Å². The first kappa shape index (κ1) is 30.5.